The van der Waals surface area contributed by atoms with Crippen LogP contribution in [0.15, 0.2) is 54.7 Å². The third-order valence-electron chi connectivity index (χ3n) is 5.43. The molecule has 1 fully saturated rings. The van der Waals surface area contributed by atoms with Crippen LogP contribution in [-0.4, -0.2) is 57.1 Å². The quantitative estimate of drug-likeness (QED) is 0.797. The number of pyridine rings is 1. The molecule has 0 radical (unpaired) electrons. The van der Waals surface area contributed by atoms with Crippen molar-refractivity contribution in [3.8, 4) is 0 Å². The maximum Gasteiger partial charge on any atom is 0.252 e. The fourth-order valence-corrected chi connectivity index (χ4v) is 5.37. The Morgan fingerprint density at radius 2 is 2.14 bits per heavy atom. The molecule has 0 spiro atoms. The summed E-state index contributed by atoms with van der Waals surface area (Å²) in [4.78, 5) is 21.7. The first-order valence-corrected chi connectivity index (χ1v) is 10.9. The van der Waals surface area contributed by atoms with Gasteiger partial charge in [-0.1, -0.05) is 14.7 Å². The summed E-state index contributed by atoms with van der Waals surface area (Å²) in [6.07, 6.45) is 13.5. The predicted octanol–water partition coefficient (Wildman–Crippen LogP) is 2.54. The van der Waals surface area contributed by atoms with Crippen molar-refractivity contribution in [2.45, 2.75) is 19.1 Å². The summed E-state index contributed by atoms with van der Waals surface area (Å²) < 4.78 is 2.04. The molecule has 2 aromatic rings. The lowest BCUT2D eigenvalue weighted by atomic mass is 10.2. The zero-order chi connectivity index (χ0) is 19.1. The van der Waals surface area contributed by atoms with Gasteiger partial charge in [-0.15, -0.1) is 0 Å². The zero-order valence-electron chi connectivity index (χ0n) is 15.9. The molecule has 0 aromatic carbocycles. The van der Waals surface area contributed by atoms with Crippen LogP contribution in [0.3, 0.4) is 0 Å². The van der Waals surface area contributed by atoms with Crippen LogP contribution in [0.5, 0.6) is 0 Å². The lowest BCUT2D eigenvalue weighted by Crippen LogP contribution is -2.38. The number of aromatic nitrogens is 2. The van der Waals surface area contributed by atoms with Gasteiger partial charge in [0.05, 0.1) is 17.2 Å². The smallest absolute Gasteiger partial charge is 0.252 e. The molecule has 0 saturated carbocycles. The van der Waals surface area contributed by atoms with Crippen LogP contribution in [0.25, 0.3) is 11.0 Å². The van der Waals surface area contributed by atoms with E-state index in [-0.39, 0.29) is 11.7 Å². The minimum absolute atomic E-state index is 0.0652. The van der Waals surface area contributed by atoms with Crippen LogP contribution in [-0.2, 0) is 4.79 Å². The van der Waals surface area contributed by atoms with E-state index >= 15 is 0 Å². The van der Waals surface area contributed by atoms with E-state index in [4.69, 9.17) is 0 Å². The lowest BCUT2D eigenvalue weighted by Gasteiger charge is -2.36. The van der Waals surface area contributed by atoms with Crippen LogP contribution in [0.1, 0.15) is 17.7 Å². The summed E-state index contributed by atoms with van der Waals surface area (Å²) in [6.45, 7) is 6.06. The number of hydrogen-bond acceptors (Lipinski definition) is 4. The summed E-state index contributed by atoms with van der Waals surface area (Å²) in [5.41, 5.74) is 4.17. The third kappa shape index (κ3) is 3.27. The number of fused-ring (bicyclic) bond motifs is 2. The van der Waals surface area contributed by atoms with Crippen molar-refractivity contribution in [3.05, 3.63) is 65.9 Å². The van der Waals surface area contributed by atoms with Crippen molar-refractivity contribution in [2.75, 3.05) is 26.2 Å². The highest BCUT2D eigenvalue weighted by molar-refractivity contribution is 7.51. The highest BCUT2D eigenvalue weighted by Gasteiger charge is 2.29. The average Bonchev–Trinajstić information content (AvgIpc) is 2.89. The summed E-state index contributed by atoms with van der Waals surface area (Å²) in [5.74, 6) is 0.178. The molecule has 3 aliphatic heterocycles. The van der Waals surface area contributed by atoms with E-state index in [1.807, 2.05) is 34.7 Å². The highest BCUT2D eigenvalue weighted by atomic mass is 31.1. The standard InChI is InChI=1S/C21H24N5OP/c1-15-12-25-13-16(3-5-19(25)23-15)18-11-20(27)26-14-17(4-6-21(26)28-18)24-9-2-7-22-8-10-24/h3-6,11-14,21-22,28H,2,7-10H2,1H3. The molecule has 5 heterocycles. The average molecular weight is 393 g/mol. The maximum absolute atomic E-state index is 12.9. The number of rotatable bonds is 2. The Labute approximate surface area is 166 Å². The van der Waals surface area contributed by atoms with Crippen LogP contribution >= 0.6 is 8.58 Å². The van der Waals surface area contributed by atoms with E-state index in [1.54, 1.807) is 6.08 Å². The van der Waals surface area contributed by atoms with Gasteiger partial charge in [-0.3, -0.25) is 4.79 Å². The number of aryl methyl sites for hydroxylation is 1. The Morgan fingerprint density at radius 1 is 1.21 bits per heavy atom. The van der Waals surface area contributed by atoms with Gasteiger partial charge < -0.3 is 19.5 Å². The number of allylic oxidation sites excluding steroid dienone is 1. The zero-order valence-corrected chi connectivity index (χ0v) is 16.9. The van der Waals surface area contributed by atoms with Crippen LogP contribution in [0.2, 0.25) is 0 Å². The second-order valence-corrected chi connectivity index (χ2v) is 8.88. The second-order valence-electron chi connectivity index (χ2n) is 7.46. The van der Waals surface area contributed by atoms with Gasteiger partial charge in [0.2, 0.25) is 0 Å². The molecule has 1 saturated heterocycles. The van der Waals surface area contributed by atoms with Crippen LogP contribution < -0.4 is 5.32 Å². The molecule has 0 bridgehead atoms. The predicted molar refractivity (Wildman–Crippen MR) is 113 cm³/mol. The van der Waals surface area contributed by atoms with Gasteiger partial charge in [0.25, 0.3) is 5.91 Å². The molecule has 1 amide bonds. The number of carbonyl (C=O) groups is 1. The van der Waals surface area contributed by atoms with E-state index in [2.05, 4.69) is 39.6 Å². The van der Waals surface area contributed by atoms with Gasteiger partial charge >= 0.3 is 0 Å². The minimum atomic E-state index is 0.0652. The molecule has 2 aromatic heterocycles. The van der Waals surface area contributed by atoms with Gasteiger partial charge in [-0.2, -0.15) is 0 Å². The van der Waals surface area contributed by atoms with Gasteiger partial charge in [-0.25, -0.2) is 4.98 Å². The van der Waals surface area contributed by atoms with E-state index in [0.29, 0.717) is 8.58 Å². The van der Waals surface area contributed by atoms with E-state index in [9.17, 15) is 4.79 Å². The van der Waals surface area contributed by atoms with Gasteiger partial charge in [0.15, 0.2) is 0 Å². The number of nitrogens with one attached hydrogen (secondary N) is 1. The Balaban J connectivity index is 1.41. The monoisotopic (exact) mass is 393 g/mol. The SMILES string of the molecule is Cc1cn2cc(C3=CC(=O)N4C=C(N5CCCNCC5)C=CC4P3)ccc2n1. The van der Waals surface area contributed by atoms with Crippen molar-refractivity contribution in [1.82, 2.24) is 24.5 Å². The normalized spacial score (nSPS) is 23.6. The van der Waals surface area contributed by atoms with Crippen molar-refractivity contribution in [2.24, 2.45) is 0 Å². The molecule has 5 rings (SSSR count). The number of amides is 1. The molecule has 6 nitrogen and oxygen atoms in total. The Kier molecular flexibility index (Phi) is 4.53. The maximum atomic E-state index is 12.9. The molecule has 28 heavy (non-hydrogen) atoms. The molecule has 7 heteroatoms. The fraction of sp³-hybridized carbons (Fsp3) is 0.333. The first kappa shape index (κ1) is 17.7. The highest BCUT2D eigenvalue weighted by Crippen LogP contribution is 2.44. The number of hydrogen-bond donors (Lipinski definition) is 1. The Morgan fingerprint density at radius 3 is 3.07 bits per heavy atom. The van der Waals surface area contributed by atoms with E-state index in [0.717, 1.165) is 60.5 Å². The van der Waals surface area contributed by atoms with Gasteiger partial charge in [0, 0.05) is 44.3 Å². The molecule has 3 aliphatic rings. The molecule has 2 unspecified atom stereocenters. The third-order valence-corrected chi connectivity index (χ3v) is 6.94. The largest absolute Gasteiger partial charge is 0.369 e. The van der Waals surface area contributed by atoms with Gasteiger partial charge in [0.1, 0.15) is 5.65 Å². The summed E-state index contributed by atoms with van der Waals surface area (Å²) in [5, 5.41) is 4.54. The number of nitrogens with zero attached hydrogens (tertiary/aromatic N) is 4. The van der Waals surface area contributed by atoms with Crippen molar-refractivity contribution in [1.29, 1.82) is 0 Å². The summed E-state index contributed by atoms with van der Waals surface area (Å²) in [7, 11) is 0.531. The topological polar surface area (TPSA) is 52.9 Å². The first-order chi connectivity index (χ1) is 13.7. The van der Waals surface area contributed by atoms with Crippen molar-refractivity contribution < 1.29 is 4.79 Å². The van der Waals surface area contributed by atoms with Crippen molar-refractivity contribution >= 4 is 25.4 Å². The lowest BCUT2D eigenvalue weighted by molar-refractivity contribution is -0.123. The molecular formula is C21H24N5OP. The fourth-order valence-electron chi connectivity index (χ4n) is 4.00. The second kappa shape index (κ2) is 7.19. The Bertz CT molecular complexity index is 1010. The first-order valence-electron chi connectivity index (χ1n) is 9.79. The number of carbonyl (C=O) groups excluding carboxylic acids is 1. The Hall–Kier alpha value is -2.43. The van der Waals surface area contributed by atoms with E-state index in [1.165, 1.54) is 0 Å². The summed E-state index contributed by atoms with van der Waals surface area (Å²) in [6, 6.07) is 4.09. The molecule has 2 atom stereocenters. The molecule has 144 valence electrons. The van der Waals surface area contributed by atoms with Gasteiger partial charge in [-0.05, 0) is 49.0 Å². The summed E-state index contributed by atoms with van der Waals surface area (Å²) >= 11 is 0. The molecular weight excluding hydrogens is 369 g/mol. The molecule has 0 aliphatic carbocycles. The van der Waals surface area contributed by atoms with E-state index < -0.39 is 0 Å². The molecule has 1 N–H and O–H groups in total. The van der Waals surface area contributed by atoms with Crippen LogP contribution in [0.4, 0.5) is 0 Å². The number of imidazole rings is 1. The van der Waals surface area contributed by atoms with Crippen LogP contribution in [0, 0.1) is 6.92 Å². The minimum Gasteiger partial charge on any atom is -0.369 e. The van der Waals surface area contributed by atoms with Crippen molar-refractivity contribution in [3.63, 3.8) is 0 Å².